The van der Waals surface area contributed by atoms with Crippen LogP contribution in [0.3, 0.4) is 0 Å². The van der Waals surface area contributed by atoms with Gasteiger partial charge < -0.3 is 10.2 Å². The highest BCUT2D eigenvalue weighted by Crippen LogP contribution is 1.99. The Bertz CT molecular complexity index is 213. The average Bonchev–Trinajstić information content (AvgIpc) is 1.96. The molecule has 0 aliphatic carbocycles. The van der Waals surface area contributed by atoms with E-state index in [1.165, 1.54) is 6.08 Å². The molecule has 66 valence electrons. The Morgan fingerprint density at radius 2 is 1.67 bits per heavy atom. The van der Waals surface area contributed by atoms with E-state index < -0.39 is 17.9 Å². The number of carboxylic acids is 2. The summed E-state index contributed by atoms with van der Waals surface area (Å²) >= 11 is 0. The van der Waals surface area contributed by atoms with Gasteiger partial charge in [-0.25, -0.2) is 0 Å². The molecular weight excluding hydrogens is 160 g/mol. The zero-order chi connectivity index (χ0) is 9.56. The lowest BCUT2D eigenvalue weighted by atomic mass is 10.1. The van der Waals surface area contributed by atoms with Gasteiger partial charge in [-0.15, -0.1) is 0 Å². The number of hydrogen-bond donors (Lipinski definition) is 2. The third-order valence-electron chi connectivity index (χ3n) is 1.14. The smallest absolute Gasteiger partial charge is 0.321 e. The van der Waals surface area contributed by atoms with Crippen molar-refractivity contribution >= 4 is 11.9 Å². The van der Waals surface area contributed by atoms with Crippen molar-refractivity contribution in [3.8, 4) is 0 Å². The molecular formula is C8H10O4. The fourth-order valence-electron chi connectivity index (χ4n) is 0.557. The van der Waals surface area contributed by atoms with Crippen LogP contribution in [0.2, 0.25) is 0 Å². The molecule has 0 aromatic rings. The SMILES string of the molecule is CC=CC=CC(C(=O)O)C(=O)O. The molecule has 0 aromatic heterocycles. The van der Waals surface area contributed by atoms with E-state index in [4.69, 9.17) is 10.2 Å². The van der Waals surface area contributed by atoms with Crippen LogP contribution < -0.4 is 0 Å². The number of hydrogen-bond acceptors (Lipinski definition) is 2. The molecule has 4 nitrogen and oxygen atoms in total. The molecule has 0 saturated heterocycles. The molecule has 0 atom stereocenters. The summed E-state index contributed by atoms with van der Waals surface area (Å²) in [7, 11) is 0. The minimum atomic E-state index is -1.46. The summed E-state index contributed by atoms with van der Waals surface area (Å²) in [5, 5.41) is 16.8. The summed E-state index contributed by atoms with van der Waals surface area (Å²) in [6.45, 7) is 1.75. The second-order valence-electron chi connectivity index (χ2n) is 2.06. The lowest BCUT2D eigenvalue weighted by Gasteiger charge is -1.98. The van der Waals surface area contributed by atoms with E-state index in [9.17, 15) is 9.59 Å². The van der Waals surface area contributed by atoms with Gasteiger partial charge in [0.15, 0.2) is 5.92 Å². The van der Waals surface area contributed by atoms with Crippen LogP contribution in [0.25, 0.3) is 0 Å². The van der Waals surface area contributed by atoms with Gasteiger partial charge >= 0.3 is 11.9 Å². The highest BCUT2D eigenvalue weighted by Gasteiger charge is 2.21. The third kappa shape index (κ3) is 3.55. The molecule has 0 unspecified atom stereocenters. The molecule has 0 fully saturated rings. The average molecular weight is 170 g/mol. The van der Waals surface area contributed by atoms with Crippen LogP contribution in [0.1, 0.15) is 6.92 Å². The zero-order valence-electron chi connectivity index (χ0n) is 6.60. The number of rotatable bonds is 4. The van der Waals surface area contributed by atoms with Gasteiger partial charge in [-0.2, -0.15) is 0 Å². The highest BCUT2D eigenvalue weighted by atomic mass is 16.4. The largest absolute Gasteiger partial charge is 0.480 e. The lowest BCUT2D eigenvalue weighted by molar-refractivity contribution is -0.151. The molecule has 0 bridgehead atoms. The molecule has 4 heteroatoms. The van der Waals surface area contributed by atoms with Gasteiger partial charge in [0.1, 0.15) is 0 Å². The first kappa shape index (κ1) is 10.4. The Morgan fingerprint density at radius 3 is 2.00 bits per heavy atom. The molecule has 12 heavy (non-hydrogen) atoms. The van der Waals surface area contributed by atoms with Gasteiger partial charge in [-0.1, -0.05) is 24.3 Å². The molecule has 0 rings (SSSR count). The number of aliphatic carboxylic acids is 2. The molecule has 0 radical (unpaired) electrons. The maximum atomic E-state index is 10.3. The molecule has 0 amide bonds. The molecule has 0 aliphatic rings. The fourth-order valence-corrected chi connectivity index (χ4v) is 0.557. The van der Waals surface area contributed by atoms with Gasteiger partial charge in [0.25, 0.3) is 0 Å². The van der Waals surface area contributed by atoms with Crippen LogP contribution in [-0.4, -0.2) is 22.2 Å². The van der Waals surface area contributed by atoms with Gasteiger partial charge in [0, 0.05) is 0 Å². The van der Waals surface area contributed by atoms with E-state index in [0.29, 0.717) is 0 Å². The molecule has 0 aliphatic heterocycles. The van der Waals surface area contributed by atoms with Crippen molar-refractivity contribution in [1.82, 2.24) is 0 Å². The Balaban J connectivity index is 4.33. The second kappa shape index (κ2) is 5.12. The predicted octanol–water partition coefficient (Wildman–Crippen LogP) is 0.904. The van der Waals surface area contributed by atoms with Crippen LogP contribution >= 0.6 is 0 Å². The van der Waals surface area contributed by atoms with E-state index in [1.54, 1.807) is 19.1 Å². The summed E-state index contributed by atoms with van der Waals surface area (Å²) in [5.41, 5.74) is 0. The van der Waals surface area contributed by atoms with E-state index in [1.807, 2.05) is 0 Å². The van der Waals surface area contributed by atoms with E-state index in [-0.39, 0.29) is 0 Å². The molecule has 2 N–H and O–H groups in total. The molecule has 0 aromatic carbocycles. The van der Waals surface area contributed by atoms with Gasteiger partial charge in [0.2, 0.25) is 0 Å². The fraction of sp³-hybridized carbons (Fsp3) is 0.250. The Labute approximate surface area is 69.8 Å². The van der Waals surface area contributed by atoms with E-state index in [2.05, 4.69) is 0 Å². The second-order valence-corrected chi connectivity index (χ2v) is 2.06. The standard InChI is InChI=1S/C8H10O4/c1-2-3-4-5-6(7(9)10)8(11)12/h2-6H,1H3,(H,9,10)(H,11,12). The number of carboxylic acid groups (broad SMARTS) is 2. The van der Waals surface area contributed by atoms with Crippen molar-refractivity contribution in [3.63, 3.8) is 0 Å². The normalized spacial score (nSPS) is 11.5. The Kier molecular flexibility index (Phi) is 4.45. The topological polar surface area (TPSA) is 74.6 Å². The minimum Gasteiger partial charge on any atom is -0.480 e. The molecule has 0 heterocycles. The van der Waals surface area contributed by atoms with E-state index in [0.717, 1.165) is 6.08 Å². The minimum absolute atomic E-state index is 1.12. The van der Waals surface area contributed by atoms with Crippen LogP contribution in [0.5, 0.6) is 0 Å². The zero-order valence-corrected chi connectivity index (χ0v) is 6.60. The van der Waals surface area contributed by atoms with Crippen LogP contribution in [0.4, 0.5) is 0 Å². The maximum absolute atomic E-state index is 10.3. The van der Waals surface area contributed by atoms with Crippen LogP contribution in [-0.2, 0) is 9.59 Å². The quantitative estimate of drug-likeness (QED) is 0.485. The molecule has 0 saturated carbocycles. The highest BCUT2D eigenvalue weighted by molar-refractivity contribution is 5.95. The van der Waals surface area contributed by atoms with E-state index >= 15 is 0 Å². The first-order valence-corrected chi connectivity index (χ1v) is 3.34. The summed E-state index contributed by atoms with van der Waals surface area (Å²) in [5.74, 6) is -4.17. The first-order valence-electron chi connectivity index (χ1n) is 3.34. The van der Waals surface area contributed by atoms with Gasteiger partial charge in [-0.05, 0) is 6.92 Å². The molecule has 0 spiro atoms. The van der Waals surface area contributed by atoms with Crippen molar-refractivity contribution in [2.75, 3.05) is 0 Å². The third-order valence-corrected chi connectivity index (χ3v) is 1.14. The summed E-state index contributed by atoms with van der Waals surface area (Å²) in [6, 6.07) is 0. The lowest BCUT2D eigenvalue weighted by Crippen LogP contribution is -2.20. The first-order chi connectivity index (χ1) is 5.59. The Hall–Kier alpha value is -1.58. The predicted molar refractivity (Wildman–Crippen MR) is 42.7 cm³/mol. The van der Waals surface area contributed by atoms with Crippen molar-refractivity contribution in [3.05, 3.63) is 24.3 Å². The number of allylic oxidation sites excluding steroid dienone is 3. The summed E-state index contributed by atoms with van der Waals surface area (Å²) in [4.78, 5) is 20.6. The van der Waals surface area contributed by atoms with Crippen molar-refractivity contribution in [2.24, 2.45) is 5.92 Å². The van der Waals surface area contributed by atoms with Gasteiger partial charge in [0.05, 0.1) is 0 Å². The summed E-state index contributed by atoms with van der Waals surface area (Å²) < 4.78 is 0. The monoisotopic (exact) mass is 170 g/mol. The summed E-state index contributed by atoms with van der Waals surface area (Å²) in [6.07, 6.45) is 5.76. The maximum Gasteiger partial charge on any atom is 0.321 e. The van der Waals surface area contributed by atoms with Crippen LogP contribution in [0.15, 0.2) is 24.3 Å². The van der Waals surface area contributed by atoms with Crippen LogP contribution in [0, 0.1) is 5.92 Å². The van der Waals surface area contributed by atoms with Gasteiger partial charge in [-0.3, -0.25) is 9.59 Å². The number of carbonyl (C=O) groups is 2. The van der Waals surface area contributed by atoms with Crippen molar-refractivity contribution in [2.45, 2.75) is 6.92 Å². The van der Waals surface area contributed by atoms with Crippen molar-refractivity contribution in [1.29, 1.82) is 0 Å². The van der Waals surface area contributed by atoms with Crippen molar-refractivity contribution < 1.29 is 19.8 Å². The Morgan fingerprint density at radius 1 is 1.17 bits per heavy atom.